The number of imide groups is 1. The SMILES string of the molecule is Cn1c(COc2ccc(CC3SC(=O)N(C(c4ccccc4)(c4ccccc4)c4ccccc4)C3=O)cc2)nc2c(Oc3c(F)c(F)c(F)c(F)c3F)cccc21. The van der Waals surface area contributed by atoms with Gasteiger partial charge in [-0.15, -0.1) is 0 Å². The summed E-state index contributed by atoms with van der Waals surface area (Å²) in [5, 5.41) is -1.05. The van der Waals surface area contributed by atoms with E-state index in [-0.39, 0.29) is 35.4 Å². The highest BCUT2D eigenvalue weighted by atomic mass is 32.2. The second kappa shape index (κ2) is 15.2. The maximum absolute atomic E-state index is 14.5. The van der Waals surface area contributed by atoms with Crippen molar-refractivity contribution in [2.24, 2.45) is 7.05 Å². The Balaban J connectivity index is 1.01. The molecule has 2 amide bonds. The summed E-state index contributed by atoms with van der Waals surface area (Å²) in [6.45, 7) is -0.0620. The first kappa shape index (κ1) is 37.5. The average Bonchev–Trinajstić information content (AvgIpc) is 3.72. The normalized spacial score (nSPS) is 14.4. The molecule has 1 fully saturated rings. The van der Waals surface area contributed by atoms with E-state index < -0.39 is 45.6 Å². The minimum atomic E-state index is -2.29. The molecule has 1 aliphatic rings. The van der Waals surface area contributed by atoms with Gasteiger partial charge in [0.2, 0.25) is 40.7 Å². The van der Waals surface area contributed by atoms with Crippen molar-refractivity contribution < 1.29 is 41.0 Å². The van der Waals surface area contributed by atoms with Gasteiger partial charge in [0.25, 0.3) is 5.24 Å². The molecule has 1 unspecified atom stereocenters. The van der Waals surface area contributed by atoms with Gasteiger partial charge in [0, 0.05) is 7.05 Å². The van der Waals surface area contributed by atoms with Gasteiger partial charge in [-0.1, -0.05) is 121 Å². The van der Waals surface area contributed by atoms with Crippen LogP contribution >= 0.6 is 11.8 Å². The van der Waals surface area contributed by atoms with E-state index in [1.54, 1.807) is 41.9 Å². The van der Waals surface area contributed by atoms with Crippen LogP contribution in [0, 0.1) is 29.1 Å². The van der Waals surface area contributed by atoms with Crippen molar-refractivity contribution in [2.75, 3.05) is 0 Å². The number of fused-ring (bicyclic) bond motifs is 1. The summed E-state index contributed by atoms with van der Waals surface area (Å²) in [6.07, 6.45) is 0.275. The second-order valence-corrected chi connectivity index (χ2v) is 14.4. The molecule has 0 spiro atoms. The van der Waals surface area contributed by atoms with Gasteiger partial charge < -0.3 is 14.0 Å². The summed E-state index contributed by atoms with van der Waals surface area (Å²) in [6, 6.07) is 40.1. The van der Waals surface area contributed by atoms with Gasteiger partial charge >= 0.3 is 0 Å². The average molecular weight is 792 g/mol. The highest BCUT2D eigenvalue weighted by Gasteiger charge is 2.54. The zero-order chi connectivity index (χ0) is 39.8. The molecule has 6 aromatic carbocycles. The molecule has 8 rings (SSSR count). The van der Waals surface area contributed by atoms with Gasteiger partial charge in [0.05, 0.1) is 10.8 Å². The minimum Gasteiger partial charge on any atom is -0.486 e. The number of carbonyl (C=O) groups excluding carboxylic acids is 2. The van der Waals surface area contributed by atoms with Gasteiger partial charge in [0.1, 0.15) is 29.2 Å². The summed E-state index contributed by atoms with van der Waals surface area (Å²) >= 11 is 0.997. The Hall–Kier alpha value is -6.47. The maximum Gasteiger partial charge on any atom is 0.290 e. The smallest absolute Gasteiger partial charge is 0.290 e. The number of ether oxygens (including phenoxy) is 2. The van der Waals surface area contributed by atoms with E-state index in [0.29, 0.717) is 17.1 Å². The highest BCUT2D eigenvalue weighted by Crippen LogP contribution is 2.48. The molecular weight excluding hydrogens is 762 g/mol. The van der Waals surface area contributed by atoms with Crippen molar-refractivity contribution in [1.82, 2.24) is 14.5 Å². The molecule has 13 heteroatoms. The highest BCUT2D eigenvalue weighted by molar-refractivity contribution is 8.15. The molecule has 1 aliphatic heterocycles. The van der Waals surface area contributed by atoms with Crippen LogP contribution in [-0.4, -0.2) is 30.8 Å². The lowest BCUT2D eigenvalue weighted by molar-refractivity contribution is -0.129. The van der Waals surface area contributed by atoms with Crippen LogP contribution in [0.5, 0.6) is 17.2 Å². The van der Waals surface area contributed by atoms with Crippen molar-refractivity contribution in [3.63, 3.8) is 0 Å². The molecule has 0 radical (unpaired) electrons. The number of hydrogen-bond acceptors (Lipinski definition) is 6. The van der Waals surface area contributed by atoms with Crippen molar-refractivity contribution >= 4 is 33.9 Å². The molecular formula is C44H30F5N3O4S. The third-order valence-electron chi connectivity index (χ3n) is 9.89. The number of carbonyl (C=O) groups is 2. The van der Waals surface area contributed by atoms with E-state index >= 15 is 0 Å². The summed E-state index contributed by atoms with van der Waals surface area (Å²) in [5.74, 6) is -11.9. The van der Waals surface area contributed by atoms with Crippen LogP contribution in [0.3, 0.4) is 0 Å². The van der Waals surface area contributed by atoms with Crippen molar-refractivity contribution in [2.45, 2.75) is 23.8 Å². The predicted molar refractivity (Wildman–Crippen MR) is 204 cm³/mol. The Labute approximate surface area is 327 Å². The van der Waals surface area contributed by atoms with E-state index in [1.807, 2.05) is 91.0 Å². The first-order valence-corrected chi connectivity index (χ1v) is 18.5. The van der Waals surface area contributed by atoms with Crippen LogP contribution in [0.15, 0.2) is 133 Å². The molecule has 1 saturated heterocycles. The number of thioether (sulfide) groups is 1. The molecule has 286 valence electrons. The molecule has 7 aromatic rings. The van der Waals surface area contributed by atoms with Gasteiger partial charge in [-0.25, -0.2) is 18.2 Å². The van der Waals surface area contributed by atoms with Gasteiger partial charge in [-0.3, -0.25) is 14.5 Å². The molecule has 7 nitrogen and oxygen atoms in total. The topological polar surface area (TPSA) is 73.7 Å². The predicted octanol–water partition coefficient (Wildman–Crippen LogP) is 10.2. The van der Waals surface area contributed by atoms with E-state index in [9.17, 15) is 31.5 Å². The molecule has 1 aromatic heterocycles. The molecule has 0 saturated carbocycles. The number of amides is 2. The molecule has 2 heterocycles. The maximum atomic E-state index is 14.5. The van der Waals surface area contributed by atoms with E-state index in [0.717, 1.165) is 34.0 Å². The molecule has 0 bridgehead atoms. The van der Waals surface area contributed by atoms with E-state index in [1.165, 1.54) is 17.0 Å². The summed E-state index contributed by atoms with van der Waals surface area (Å²) in [7, 11) is 1.67. The zero-order valence-electron chi connectivity index (χ0n) is 30.0. The van der Waals surface area contributed by atoms with Crippen LogP contribution in [-0.2, 0) is 30.4 Å². The van der Waals surface area contributed by atoms with Crippen molar-refractivity contribution in [1.29, 1.82) is 0 Å². The summed E-state index contributed by atoms with van der Waals surface area (Å²) in [5.41, 5.74) is 2.46. The van der Waals surface area contributed by atoms with Gasteiger partial charge in [-0.05, 0) is 52.9 Å². The lowest BCUT2D eigenvalue weighted by Crippen LogP contribution is -2.51. The number of imidazole rings is 1. The number of hydrogen-bond donors (Lipinski definition) is 0. The lowest BCUT2D eigenvalue weighted by Gasteiger charge is -2.42. The third-order valence-corrected chi connectivity index (χ3v) is 10.9. The molecule has 1 atom stereocenters. The van der Waals surface area contributed by atoms with Gasteiger partial charge in [-0.2, -0.15) is 8.78 Å². The fourth-order valence-electron chi connectivity index (χ4n) is 7.13. The van der Waals surface area contributed by atoms with Crippen LogP contribution in [0.25, 0.3) is 11.0 Å². The van der Waals surface area contributed by atoms with Crippen molar-refractivity contribution in [3.8, 4) is 17.2 Å². The molecule has 0 aliphatic carbocycles. The molecule has 57 heavy (non-hydrogen) atoms. The largest absolute Gasteiger partial charge is 0.486 e. The Morgan fingerprint density at radius 1 is 0.667 bits per heavy atom. The Morgan fingerprint density at radius 3 is 1.74 bits per heavy atom. The third kappa shape index (κ3) is 6.57. The number of aryl methyl sites for hydroxylation is 1. The van der Waals surface area contributed by atoms with Gasteiger partial charge in [0.15, 0.2) is 5.75 Å². The second-order valence-electron chi connectivity index (χ2n) is 13.2. The van der Waals surface area contributed by atoms with Crippen LogP contribution in [0.4, 0.5) is 26.7 Å². The van der Waals surface area contributed by atoms with Crippen molar-refractivity contribution in [3.05, 3.63) is 191 Å². The summed E-state index contributed by atoms with van der Waals surface area (Å²) in [4.78, 5) is 34.4. The number of benzene rings is 6. The first-order valence-electron chi connectivity index (χ1n) is 17.7. The van der Waals surface area contributed by atoms with E-state index in [4.69, 9.17) is 9.47 Å². The zero-order valence-corrected chi connectivity index (χ0v) is 30.8. The fraction of sp³-hybridized carbons (Fsp3) is 0.114. The first-order chi connectivity index (χ1) is 27.6. The number of rotatable bonds is 11. The van der Waals surface area contributed by atoms with Crippen LogP contribution < -0.4 is 9.47 Å². The lowest BCUT2D eigenvalue weighted by atomic mass is 9.75. The number of para-hydroxylation sites is 1. The number of halogens is 5. The Morgan fingerprint density at radius 2 is 1.19 bits per heavy atom. The standard InChI is InChI=1S/C44H30F5N3O4S/c1-51-31-18-11-19-32(56-41-38(48)36(46)35(45)37(47)39(41)49)40(31)50-34(51)25-55-30-22-20-26(21-23-30)24-33-42(53)52(43(54)57-33)44(27-12-5-2-6-13-27,28-14-7-3-8-15-28)29-16-9-4-10-17-29/h2-23,33H,24-25H2,1H3. The Kier molecular flexibility index (Phi) is 10.0. The van der Waals surface area contributed by atoms with Crippen LogP contribution in [0.1, 0.15) is 28.1 Å². The quantitative estimate of drug-likeness (QED) is 0.0562. The summed E-state index contributed by atoms with van der Waals surface area (Å²) < 4.78 is 82.9. The Bertz CT molecular complexity index is 2500. The van der Waals surface area contributed by atoms with E-state index in [2.05, 4.69) is 4.98 Å². The fourth-order valence-corrected chi connectivity index (χ4v) is 8.19. The monoisotopic (exact) mass is 791 g/mol. The molecule has 0 N–H and O–H groups in total. The number of nitrogens with zero attached hydrogens (tertiary/aromatic N) is 3. The number of aromatic nitrogens is 2. The minimum absolute atomic E-state index is 0.0620. The van der Waals surface area contributed by atoms with Crippen LogP contribution in [0.2, 0.25) is 0 Å².